The maximum atomic E-state index is 15.2. The molecule has 72 heavy (non-hydrogen) atoms. The van der Waals surface area contributed by atoms with Crippen molar-refractivity contribution in [2.75, 3.05) is 0 Å². The molecule has 0 bridgehead atoms. The number of allylic oxidation sites excluding steroid dienone is 8. The molecule has 2 aliphatic rings. The van der Waals surface area contributed by atoms with Gasteiger partial charge in [0.1, 0.15) is 0 Å². The first-order valence-corrected chi connectivity index (χ1v) is 23.5. The first-order valence-electron chi connectivity index (χ1n) is 23.5. The number of fused-ring (bicyclic) bond motifs is 6. The summed E-state index contributed by atoms with van der Waals surface area (Å²) >= 11 is 0. The van der Waals surface area contributed by atoms with Crippen LogP contribution in [0.5, 0.6) is 0 Å². The van der Waals surface area contributed by atoms with Crippen molar-refractivity contribution in [2.24, 2.45) is 0 Å². The number of aromatic nitrogens is 2. The van der Waals surface area contributed by atoms with Gasteiger partial charge in [-0.15, -0.1) is 0 Å². The number of hydrogen-bond acceptors (Lipinski definition) is 1. The number of rotatable bonds is 5. The number of nitriles is 1. The molecular formula is C63H39F6N3. The molecule has 2 heterocycles. The summed E-state index contributed by atoms with van der Waals surface area (Å²) in [5, 5.41) is 16.1. The van der Waals surface area contributed by atoms with E-state index in [4.69, 9.17) is 0 Å². The first kappa shape index (κ1) is 44.3. The van der Waals surface area contributed by atoms with E-state index in [0.717, 1.165) is 77.5 Å². The van der Waals surface area contributed by atoms with Crippen LogP contribution in [0.4, 0.5) is 26.3 Å². The average Bonchev–Trinajstić information content (AvgIpc) is 3.92. The highest BCUT2D eigenvalue weighted by Gasteiger charge is 2.38. The van der Waals surface area contributed by atoms with E-state index in [0.29, 0.717) is 34.9 Å². The molecule has 0 unspecified atom stereocenters. The van der Waals surface area contributed by atoms with Gasteiger partial charge in [-0.25, -0.2) is 0 Å². The maximum Gasteiger partial charge on any atom is 0.416 e. The highest BCUT2D eigenvalue weighted by atomic mass is 19.4. The Bertz CT molecular complexity index is 3950. The van der Waals surface area contributed by atoms with E-state index < -0.39 is 23.5 Å². The van der Waals surface area contributed by atoms with Crippen LogP contribution in [0.1, 0.15) is 29.5 Å². The molecule has 10 aromatic rings. The van der Waals surface area contributed by atoms with E-state index in [1.165, 1.54) is 0 Å². The lowest BCUT2D eigenvalue weighted by molar-refractivity contribution is -0.143. The fourth-order valence-electron chi connectivity index (χ4n) is 10.5. The van der Waals surface area contributed by atoms with Gasteiger partial charge in [0.25, 0.3) is 0 Å². The summed E-state index contributed by atoms with van der Waals surface area (Å²) in [4.78, 5) is 0. The SMILES string of the molecule is N#Cc1cc(-n2c3cc(-c4ccccc4)ccc3c3ccc(-c4ccccc4)cc32)c(-c2cc(C(F)(F)F)cc(C(F)(F)F)c2)c(-n2c3cc(=C4C=CC=CC4)ccc3c3ccc(=C4C=CC=CC4)cc32)c1. The van der Waals surface area contributed by atoms with Gasteiger partial charge < -0.3 is 9.13 Å². The molecule has 8 aromatic carbocycles. The molecule has 0 radical (unpaired) electrons. The van der Waals surface area contributed by atoms with Gasteiger partial charge in [0, 0.05) is 27.1 Å². The molecule has 0 N–H and O–H groups in total. The number of alkyl halides is 6. The van der Waals surface area contributed by atoms with Crippen LogP contribution < -0.4 is 10.4 Å². The Morgan fingerprint density at radius 3 is 1.21 bits per heavy atom. The smallest absolute Gasteiger partial charge is 0.308 e. The summed E-state index contributed by atoms with van der Waals surface area (Å²) in [5.74, 6) is 0. The van der Waals surface area contributed by atoms with Gasteiger partial charge in [0.15, 0.2) is 0 Å². The molecule has 2 aromatic heterocycles. The monoisotopic (exact) mass is 951 g/mol. The lowest BCUT2D eigenvalue weighted by atomic mass is 9.94. The van der Waals surface area contributed by atoms with Crippen LogP contribution in [0.2, 0.25) is 0 Å². The minimum Gasteiger partial charge on any atom is -0.308 e. The Hall–Kier alpha value is -8.87. The third kappa shape index (κ3) is 7.73. The van der Waals surface area contributed by atoms with Crippen LogP contribution in [0, 0.1) is 11.3 Å². The quantitative estimate of drug-likeness (QED) is 0.158. The number of hydrogen-bond donors (Lipinski definition) is 0. The largest absolute Gasteiger partial charge is 0.416 e. The maximum absolute atomic E-state index is 15.2. The average molecular weight is 952 g/mol. The van der Waals surface area contributed by atoms with Crippen LogP contribution in [0.25, 0.3) is 99.5 Å². The fourth-order valence-corrected chi connectivity index (χ4v) is 10.5. The third-order valence-corrected chi connectivity index (χ3v) is 13.8. The summed E-state index contributed by atoms with van der Waals surface area (Å²) < 4.78 is 94.8. The molecule has 3 nitrogen and oxygen atoms in total. The number of nitrogens with zero attached hydrogens (tertiary/aromatic N) is 3. The zero-order chi connectivity index (χ0) is 49.3. The van der Waals surface area contributed by atoms with E-state index in [-0.39, 0.29) is 34.1 Å². The summed E-state index contributed by atoms with van der Waals surface area (Å²) in [5.41, 5.74) is 5.54. The summed E-state index contributed by atoms with van der Waals surface area (Å²) in [7, 11) is 0. The standard InChI is InChI=1S/C63H39F6N3/c64-62(65,66)49-31-48(32-50(37-49)63(67,68)69)61-59(71-55-33-44(40-13-5-1-6-14-40)21-25-51(55)52-26-22-45(34-56(52)71)41-15-7-2-8-16-41)29-39(38-70)30-60(61)72-57-35-46(42-17-9-3-10-18-42)23-27-53(57)54-28-24-47(36-58(54)72)43-19-11-4-12-20-43/h1-17,19,21-37H,18,20H2. The van der Waals surface area contributed by atoms with Crippen molar-refractivity contribution >= 4 is 54.8 Å². The Morgan fingerprint density at radius 2 is 0.819 bits per heavy atom. The third-order valence-electron chi connectivity index (χ3n) is 13.8. The first-order chi connectivity index (χ1) is 34.9. The van der Waals surface area contributed by atoms with Crippen molar-refractivity contribution in [3.8, 4) is 50.8 Å². The second-order valence-electron chi connectivity index (χ2n) is 18.2. The van der Waals surface area contributed by atoms with Crippen molar-refractivity contribution < 1.29 is 26.3 Å². The molecule has 348 valence electrons. The van der Waals surface area contributed by atoms with Gasteiger partial charge in [-0.3, -0.25) is 0 Å². The van der Waals surface area contributed by atoms with Gasteiger partial charge >= 0.3 is 12.4 Å². The van der Waals surface area contributed by atoms with Crippen LogP contribution in [-0.2, 0) is 12.4 Å². The minimum atomic E-state index is -5.15. The highest BCUT2D eigenvalue weighted by Crippen LogP contribution is 2.47. The van der Waals surface area contributed by atoms with Crippen molar-refractivity contribution in [3.05, 3.63) is 240 Å². The van der Waals surface area contributed by atoms with Gasteiger partial charge in [0.05, 0.1) is 56.2 Å². The normalized spacial score (nSPS) is 15.3. The lowest BCUT2D eigenvalue weighted by Gasteiger charge is -2.23. The molecule has 12 rings (SSSR count). The molecular weight excluding hydrogens is 913 g/mol. The summed E-state index contributed by atoms with van der Waals surface area (Å²) in [6.45, 7) is 0. The van der Waals surface area contributed by atoms with Crippen molar-refractivity contribution in [2.45, 2.75) is 25.2 Å². The van der Waals surface area contributed by atoms with E-state index in [9.17, 15) is 5.26 Å². The van der Waals surface area contributed by atoms with E-state index >= 15 is 26.3 Å². The van der Waals surface area contributed by atoms with Crippen molar-refractivity contribution in [1.82, 2.24) is 9.13 Å². The number of benzene rings is 8. The predicted molar refractivity (Wildman–Crippen MR) is 278 cm³/mol. The van der Waals surface area contributed by atoms with Crippen LogP contribution in [0.15, 0.2) is 212 Å². The fraction of sp³-hybridized carbons (Fsp3) is 0.0635. The Labute approximate surface area is 409 Å². The minimum absolute atomic E-state index is 0.0653. The molecule has 0 aliphatic heterocycles. The van der Waals surface area contributed by atoms with Gasteiger partial charge in [-0.2, -0.15) is 31.6 Å². The molecule has 2 aliphatic carbocycles. The molecule has 0 saturated carbocycles. The molecule has 0 atom stereocenters. The molecule has 9 heteroatoms. The topological polar surface area (TPSA) is 33.6 Å². The predicted octanol–water partition coefficient (Wildman–Crippen LogP) is 16.1. The van der Waals surface area contributed by atoms with Crippen LogP contribution in [-0.4, -0.2) is 9.13 Å². The van der Waals surface area contributed by atoms with Crippen molar-refractivity contribution in [1.29, 1.82) is 5.26 Å². The summed E-state index contributed by atoms with van der Waals surface area (Å²) in [6, 6.07) is 50.9. The van der Waals surface area contributed by atoms with E-state index in [1.54, 1.807) is 12.1 Å². The van der Waals surface area contributed by atoms with Gasteiger partial charge in [0.2, 0.25) is 0 Å². The van der Waals surface area contributed by atoms with Crippen LogP contribution in [0.3, 0.4) is 0 Å². The van der Waals surface area contributed by atoms with Gasteiger partial charge in [-0.05, 0) is 117 Å². The van der Waals surface area contributed by atoms with Crippen LogP contribution >= 0.6 is 0 Å². The van der Waals surface area contributed by atoms with Crippen molar-refractivity contribution in [3.63, 3.8) is 0 Å². The lowest BCUT2D eigenvalue weighted by Crippen LogP contribution is -2.12. The second kappa shape index (κ2) is 17.2. The molecule has 0 fully saturated rings. The molecule has 0 saturated heterocycles. The highest BCUT2D eigenvalue weighted by molar-refractivity contribution is 6.13. The van der Waals surface area contributed by atoms with E-state index in [2.05, 4.69) is 18.2 Å². The van der Waals surface area contributed by atoms with E-state index in [1.807, 2.05) is 179 Å². The summed E-state index contributed by atoms with van der Waals surface area (Å²) in [6.07, 6.45) is 7.02. The Morgan fingerprint density at radius 1 is 0.403 bits per heavy atom. The zero-order valence-electron chi connectivity index (χ0n) is 38.2. The Balaban J connectivity index is 1.30. The second-order valence-corrected chi connectivity index (χ2v) is 18.2. The molecule has 0 spiro atoms. The van der Waals surface area contributed by atoms with Gasteiger partial charge in [-0.1, -0.05) is 158 Å². The zero-order valence-corrected chi connectivity index (χ0v) is 38.2. The molecule has 0 amide bonds. The number of halogens is 6. The Kier molecular flexibility index (Phi) is 10.6.